The van der Waals surface area contributed by atoms with Gasteiger partial charge in [-0.3, -0.25) is 9.89 Å². The molecule has 1 aromatic carbocycles. The molecule has 0 radical (unpaired) electrons. The van der Waals surface area contributed by atoms with Gasteiger partial charge >= 0.3 is 0 Å². The number of hydrogen-bond acceptors (Lipinski definition) is 4. The summed E-state index contributed by atoms with van der Waals surface area (Å²) >= 11 is 7.46. The second kappa shape index (κ2) is 8.94. The second-order valence-electron chi connectivity index (χ2n) is 6.31. The predicted octanol–water partition coefficient (Wildman–Crippen LogP) is 5.42. The number of benzene rings is 1. The fraction of sp³-hybridized carbons (Fsp3) is 0.0909. The van der Waals surface area contributed by atoms with Crippen LogP contribution in [0.4, 0.5) is 0 Å². The fourth-order valence-electron chi connectivity index (χ4n) is 3.02. The molecule has 0 saturated heterocycles. The van der Waals surface area contributed by atoms with Crippen molar-refractivity contribution < 1.29 is 9.21 Å². The summed E-state index contributed by atoms with van der Waals surface area (Å²) in [6.45, 7) is 0.527. The summed E-state index contributed by atoms with van der Waals surface area (Å²) in [5.41, 5.74) is 3.85. The molecule has 0 atom stereocenters. The number of hydrogen-bond donors (Lipinski definition) is 2. The molecule has 4 rings (SSSR count). The molecule has 7 heteroatoms. The van der Waals surface area contributed by atoms with Gasteiger partial charge in [0.05, 0.1) is 27.4 Å². The Morgan fingerprint density at radius 2 is 2.10 bits per heavy atom. The number of carbonyl (C=O) groups is 1. The minimum Gasteiger partial charge on any atom is -0.464 e. The van der Waals surface area contributed by atoms with E-state index in [2.05, 4.69) is 15.5 Å². The average molecular weight is 424 g/mol. The lowest BCUT2D eigenvalue weighted by Gasteiger charge is -2.07. The van der Waals surface area contributed by atoms with Gasteiger partial charge in [0.15, 0.2) is 0 Å². The van der Waals surface area contributed by atoms with Crippen LogP contribution in [0, 0.1) is 0 Å². The smallest absolute Gasteiger partial charge is 0.244 e. The lowest BCUT2D eigenvalue weighted by atomic mass is 10.0. The van der Waals surface area contributed by atoms with E-state index in [4.69, 9.17) is 16.0 Å². The first-order valence-electron chi connectivity index (χ1n) is 9.07. The molecule has 3 aromatic heterocycles. The molecule has 0 aliphatic rings. The van der Waals surface area contributed by atoms with Crippen molar-refractivity contribution in [2.45, 2.75) is 6.42 Å². The number of carbonyl (C=O) groups excluding carboxylic acids is 1. The minimum absolute atomic E-state index is 0.156. The lowest BCUT2D eigenvalue weighted by molar-refractivity contribution is -0.116. The number of nitrogens with one attached hydrogen (secondary N) is 2. The Balaban J connectivity index is 1.36. The van der Waals surface area contributed by atoms with Crippen LogP contribution in [0.15, 0.2) is 71.5 Å². The van der Waals surface area contributed by atoms with E-state index in [9.17, 15) is 4.79 Å². The van der Waals surface area contributed by atoms with Crippen LogP contribution in [0.25, 0.3) is 28.0 Å². The van der Waals surface area contributed by atoms with Crippen LogP contribution in [0.2, 0.25) is 4.34 Å². The van der Waals surface area contributed by atoms with Gasteiger partial charge in [-0.15, -0.1) is 11.3 Å². The van der Waals surface area contributed by atoms with Crippen LogP contribution >= 0.6 is 22.9 Å². The second-order valence-corrected chi connectivity index (χ2v) is 8.03. The van der Waals surface area contributed by atoms with Gasteiger partial charge in [-0.25, -0.2) is 0 Å². The third-order valence-corrected chi connectivity index (χ3v) is 5.65. The molecule has 0 aliphatic heterocycles. The normalized spacial score (nSPS) is 11.2. The first-order chi connectivity index (χ1) is 14.2. The van der Waals surface area contributed by atoms with Crippen molar-refractivity contribution in [3.05, 3.63) is 82.5 Å². The Labute approximate surface area is 177 Å². The number of aromatic nitrogens is 2. The lowest BCUT2D eigenvalue weighted by Crippen LogP contribution is -2.23. The monoisotopic (exact) mass is 423 g/mol. The predicted molar refractivity (Wildman–Crippen MR) is 117 cm³/mol. The van der Waals surface area contributed by atoms with Crippen LogP contribution in [0.3, 0.4) is 0 Å². The van der Waals surface area contributed by atoms with E-state index >= 15 is 0 Å². The Morgan fingerprint density at radius 3 is 2.90 bits per heavy atom. The summed E-state index contributed by atoms with van der Waals surface area (Å²) in [5.74, 6) is 0.671. The number of thiophene rings is 1. The summed E-state index contributed by atoms with van der Waals surface area (Å²) in [7, 11) is 0. The van der Waals surface area contributed by atoms with E-state index in [1.807, 2.05) is 48.5 Å². The molecule has 29 heavy (non-hydrogen) atoms. The standard InChI is InChI=1S/C22H18ClN3O2S/c23-20-9-8-19(29-20)22-16(14-25-26-22)7-10-21(27)24-12-11-15-4-1-2-5-17(15)18-6-3-13-28-18/h1-10,13-14H,11-12H2,(H,24,27)(H,25,26)/b10-7+. The highest BCUT2D eigenvalue weighted by Gasteiger charge is 2.09. The third-order valence-electron chi connectivity index (χ3n) is 4.40. The highest BCUT2D eigenvalue weighted by Crippen LogP contribution is 2.32. The molecule has 1 amide bonds. The maximum Gasteiger partial charge on any atom is 0.244 e. The molecule has 0 saturated carbocycles. The molecule has 0 spiro atoms. The molecule has 0 aliphatic carbocycles. The molecule has 2 N–H and O–H groups in total. The third kappa shape index (κ3) is 4.67. The summed E-state index contributed by atoms with van der Waals surface area (Å²) < 4.78 is 6.21. The van der Waals surface area contributed by atoms with E-state index in [-0.39, 0.29) is 5.91 Å². The van der Waals surface area contributed by atoms with Gasteiger partial charge in [0.25, 0.3) is 0 Å². The Morgan fingerprint density at radius 1 is 1.21 bits per heavy atom. The fourth-order valence-corrected chi connectivity index (χ4v) is 4.08. The van der Waals surface area contributed by atoms with Crippen molar-refractivity contribution in [1.29, 1.82) is 0 Å². The van der Waals surface area contributed by atoms with Crippen molar-refractivity contribution >= 4 is 34.9 Å². The number of halogens is 1. The molecule has 3 heterocycles. The first kappa shape index (κ1) is 19.2. The first-order valence-corrected chi connectivity index (χ1v) is 10.3. The molecular weight excluding hydrogens is 406 g/mol. The highest BCUT2D eigenvalue weighted by atomic mass is 35.5. The van der Waals surface area contributed by atoms with Crippen molar-refractivity contribution in [1.82, 2.24) is 15.5 Å². The zero-order valence-electron chi connectivity index (χ0n) is 15.4. The van der Waals surface area contributed by atoms with Gasteiger partial charge in [0, 0.05) is 23.7 Å². The Kier molecular flexibility index (Phi) is 5.93. The molecule has 0 fully saturated rings. The number of furan rings is 1. The quantitative estimate of drug-likeness (QED) is 0.390. The molecule has 5 nitrogen and oxygen atoms in total. The van der Waals surface area contributed by atoms with Gasteiger partial charge in [-0.2, -0.15) is 5.10 Å². The van der Waals surface area contributed by atoms with Crippen molar-refractivity contribution in [3.8, 4) is 21.9 Å². The average Bonchev–Trinajstić information content (AvgIpc) is 3.48. The number of nitrogens with zero attached hydrogens (tertiary/aromatic N) is 1. The van der Waals surface area contributed by atoms with E-state index in [0.29, 0.717) is 17.3 Å². The summed E-state index contributed by atoms with van der Waals surface area (Å²) in [6, 6.07) is 15.6. The van der Waals surface area contributed by atoms with E-state index in [0.717, 1.165) is 33.0 Å². The molecule has 146 valence electrons. The van der Waals surface area contributed by atoms with Crippen LogP contribution in [-0.2, 0) is 11.2 Å². The summed E-state index contributed by atoms with van der Waals surface area (Å²) in [6.07, 6.45) is 7.32. The largest absolute Gasteiger partial charge is 0.464 e. The number of H-pyrrole nitrogens is 1. The molecule has 0 bridgehead atoms. The molecular formula is C22H18ClN3O2S. The van der Waals surface area contributed by atoms with Gasteiger partial charge in [-0.1, -0.05) is 35.9 Å². The van der Waals surface area contributed by atoms with Crippen LogP contribution in [0.1, 0.15) is 11.1 Å². The maximum atomic E-state index is 12.2. The van der Waals surface area contributed by atoms with E-state index in [1.54, 1.807) is 18.5 Å². The van der Waals surface area contributed by atoms with Gasteiger partial charge in [-0.05, 0) is 42.3 Å². The zero-order valence-corrected chi connectivity index (χ0v) is 17.0. The molecule has 4 aromatic rings. The summed E-state index contributed by atoms with van der Waals surface area (Å²) in [4.78, 5) is 13.2. The number of amides is 1. The van der Waals surface area contributed by atoms with Gasteiger partial charge in [0.2, 0.25) is 5.91 Å². The SMILES string of the molecule is O=C(/C=C/c1cn[nH]c1-c1ccc(Cl)s1)NCCc1ccccc1-c1ccco1. The number of aromatic amines is 1. The zero-order chi connectivity index (χ0) is 20.1. The van der Waals surface area contributed by atoms with Crippen molar-refractivity contribution in [3.63, 3.8) is 0 Å². The van der Waals surface area contributed by atoms with Crippen molar-refractivity contribution in [2.75, 3.05) is 6.54 Å². The van der Waals surface area contributed by atoms with Crippen molar-refractivity contribution in [2.24, 2.45) is 0 Å². The van der Waals surface area contributed by atoms with Gasteiger partial charge in [0.1, 0.15) is 5.76 Å². The minimum atomic E-state index is -0.156. The van der Waals surface area contributed by atoms with E-state index in [1.165, 1.54) is 17.4 Å². The van der Waals surface area contributed by atoms with E-state index < -0.39 is 0 Å². The maximum absolute atomic E-state index is 12.2. The Hall–Kier alpha value is -3.09. The highest BCUT2D eigenvalue weighted by molar-refractivity contribution is 7.19. The summed E-state index contributed by atoms with van der Waals surface area (Å²) in [5, 5.41) is 9.95. The van der Waals surface area contributed by atoms with Crippen LogP contribution < -0.4 is 5.32 Å². The topological polar surface area (TPSA) is 70.9 Å². The van der Waals surface area contributed by atoms with Crippen LogP contribution in [0.5, 0.6) is 0 Å². The van der Waals surface area contributed by atoms with Crippen LogP contribution in [-0.4, -0.2) is 22.6 Å². The number of rotatable bonds is 7. The molecule has 0 unspecified atom stereocenters. The Bertz CT molecular complexity index is 1130. The van der Waals surface area contributed by atoms with Gasteiger partial charge < -0.3 is 9.73 Å².